The molecule has 0 saturated carbocycles. The molecule has 6 nitrogen and oxygen atoms in total. The molecule has 0 bridgehead atoms. The minimum Gasteiger partial charge on any atom is -0.497 e. The zero-order valence-electron chi connectivity index (χ0n) is 17.4. The third-order valence-corrected chi connectivity index (χ3v) is 6.25. The zero-order valence-corrected chi connectivity index (χ0v) is 18.3. The van der Waals surface area contributed by atoms with Gasteiger partial charge in [0.2, 0.25) is 5.91 Å². The highest BCUT2D eigenvalue weighted by atomic mass is 32.1. The number of carbonyl (C=O) groups is 1. The van der Waals surface area contributed by atoms with Gasteiger partial charge < -0.3 is 20.3 Å². The Morgan fingerprint density at radius 2 is 2.13 bits per heavy atom. The molecule has 1 unspecified atom stereocenters. The highest BCUT2D eigenvalue weighted by Crippen LogP contribution is 2.34. The van der Waals surface area contributed by atoms with E-state index in [2.05, 4.69) is 21.6 Å². The molecule has 3 aromatic rings. The van der Waals surface area contributed by atoms with Gasteiger partial charge in [-0.1, -0.05) is 18.2 Å². The Hall–Kier alpha value is -2.90. The van der Waals surface area contributed by atoms with Gasteiger partial charge in [0.15, 0.2) is 0 Å². The first-order chi connectivity index (χ1) is 14.5. The number of aromatic nitrogens is 1. The summed E-state index contributed by atoms with van der Waals surface area (Å²) in [5.74, 6) is 1.48. The molecule has 3 heterocycles. The number of carbonyl (C=O) groups excluding carboxylic acids is 1. The summed E-state index contributed by atoms with van der Waals surface area (Å²) in [6, 6.07) is 15.8. The van der Waals surface area contributed by atoms with Crippen LogP contribution in [0.15, 0.2) is 53.9 Å². The lowest BCUT2D eigenvalue weighted by molar-refractivity contribution is -0.127. The molecule has 0 spiro atoms. The van der Waals surface area contributed by atoms with E-state index < -0.39 is 5.41 Å². The van der Waals surface area contributed by atoms with Crippen molar-refractivity contribution in [2.75, 3.05) is 26.0 Å². The van der Waals surface area contributed by atoms with Crippen molar-refractivity contribution < 1.29 is 9.53 Å². The number of likely N-dealkylation sites (N-methyl/N-ethyl adjacent to an activating group) is 1. The van der Waals surface area contributed by atoms with E-state index in [4.69, 9.17) is 9.72 Å². The van der Waals surface area contributed by atoms with Crippen LogP contribution in [0.25, 0.3) is 0 Å². The number of ether oxygens (including phenoxy) is 1. The van der Waals surface area contributed by atoms with Crippen LogP contribution < -0.4 is 15.4 Å². The fraction of sp³-hybridized carbons (Fsp3) is 0.304. The van der Waals surface area contributed by atoms with Gasteiger partial charge in [-0.15, -0.1) is 11.3 Å². The second kappa shape index (κ2) is 8.45. The van der Waals surface area contributed by atoms with E-state index >= 15 is 0 Å². The molecular weight excluding hydrogens is 396 g/mol. The minimum atomic E-state index is -0.730. The van der Waals surface area contributed by atoms with Gasteiger partial charge in [0.25, 0.3) is 0 Å². The summed E-state index contributed by atoms with van der Waals surface area (Å²) in [7, 11) is 3.68. The number of fused-ring (bicyclic) bond motifs is 1. The molecule has 1 atom stereocenters. The highest BCUT2D eigenvalue weighted by Gasteiger charge is 2.42. The third kappa shape index (κ3) is 4.17. The number of nitrogens with zero attached hydrogens (tertiary/aromatic N) is 2. The smallest absolute Gasteiger partial charge is 0.233 e. The van der Waals surface area contributed by atoms with Crippen molar-refractivity contribution in [2.24, 2.45) is 0 Å². The Morgan fingerprint density at radius 1 is 1.27 bits per heavy atom. The van der Waals surface area contributed by atoms with Gasteiger partial charge >= 0.3 is 0 Å². The van der Waals surface area contributed by atoms with E-state index in [9.17, 15) is 4.79 Å². The van der Waals surface area contributed by atoms with Crippen molar-refractivity contribution in [1.29, 1.82) is 0 Å². The van der Waals surface area contributed by atoms with E-state index in [1.807, 2.05) is 61.8 Å². The summed E-state index contributed by atoms with van der Waals surface area (Å²) < 4.78 is 5.30. The van der Waals surface area contributed by atoms with Gasteiger partial charge in [-0.3, -0.25) is 4.79 Å². The summed E-state index contributed by atoms with van der Waals surface area (Å²) in [6.07, 6.45) is 0. The van der Waals surface area contributed by atoms with Crippen molar-refractivity contribution in [3.05, 3.63) is 70.0 Å². The topological polar surface area (TPSA) is 66.5 Å². The summed E-state index contributed by atoms with van der Waals surface area (Å²) in [5.41, 5.74) is 2.07. The number of anilines is 2. The molecule has 1 aliphatic heterocycles. The van der Waals surface area contributed by atoms with Crippen LogP contribution in [0.3, 0.4) is 0 Å². The average molecular weight is 423 g/mol. The van der Waals surface area contributed by atoms with E-state index in [0.29, 0.717) is 18.9 Å². The van der Waals surface area contributed by atoms with Gasteiger partial charge in [-0.2, -0.15) is 0 Å². The molecule has 0 saturated heterocycles. The predicted molar refractivity (Wildman–Crippen MR) is 120 cm³/mol. The number of methoxy groups -OCH3 is 1. The van der Waals surface area contributed by atoms with Crippen molar-refractivity contribution >= 4 is 28.7 Å². The van der Waals surface area contributed by atoms with Crippen molar-refractivity contribution in [3.63, 3.8) is 0 Å². The molecule has 4 rings (SSSR count). The van der Waals surface area contributed by atoms with E-state index in [1.54, 1.807) is 18.4 Å². The maximum atomic E-state index is 13.3. The zero-order chi connectivity index (χ0) is 21.1. The monoisotopic (exact) mass is 422 g/mol. The Balaban J connectivity index is 1.61. The summed E-state index contributed by atoms with van der Waals surface area (Å²) in [4.78, 5) is 21.5. The molecule has 1 aliphatic rings. The molecule has 1 amide bonds. The van der Waals surface area contributed by atoms with Crippen molar-refractivity contribution in [3.8, 4) is 5.75 Å². The minimum absolute atomic E-state index is 0.00488. The molecule has 0 fully saturated rings. The van der Waals surface area contributed by atoms with Crippen LogP contribution >= 0.6 is 11.3 Å². The number of hydrogen-bond donors (Lipinski definition) is 2. The molecule has 30 heavy (non-hydrogen) atoms. The normalized spacial score (nSPS) is 18.5. The van der Waals surface area contributed by atoms with Crippen LogP contribution in [-0.4, -0.2) is 36.5 Å². The number of amides is 1. The van der Waals surface area contributed by atoms with Crippen molar-refractivity contribution in [1.82, 2.24) is 15.2 Å². The number of hydrogen-bond acceptors (Lipinski definition) is 6. The van der Waals surface area contributed by atoms with Crippen LogP contribution in [0.4, 0.5) is 11.5 Å². The summed E-state index contributed by atoms with van der Waals surface area (Å²) in [6.45, 7) is 3.90. The molecule has 1 aromatic carbocycles. The predicted octanol–water partition coefficient (Wildman–Crippen LogP) is 3.91. The molecule has 2 aromatic heterocycles. The van der Waals surface area contributed by atoms with Gasteiger partial charge in [0.05, 0.1) is 19.3 Å². The number of rotatable bonds is 6. The molecule has 7 heteroatoms. The lowest BCUT2D eigenvalue weighted by Gasteiger charge is -2.38. The Morgan fingerprint density at radius 3 is 2.90 bits per heavy atom. The SMILES string of the molecule is COc1cccc(Nc2ccc3c(n2)C(C)(C(=O)NCc2cccs2)CN(C)C3)c1. The van der Waals surface area contributed by atoms with Crippen LogP contribution in [0.5, 0.6) is 5.75 Å². The molecule has 156 valence electrons. The fourth-order valence-corrected chi connectivity index (χ4v) is 4.57. The second-order valence-corrected chi connectivity index (χ2v) is 8.86. The van der Waals surface area contributed by atoms with Crippen molar-refractivity contribution in [2.45, 2.75) is 25.4 Å². The molecular formula is C23H26N4O2S. The van der Waals surface area contributed by atoms with Gasteiger partial charge in [-0.05, 0) is 49.2 Å². The Labute approximate surface area is 180 Å². The number of benzene rings is 1. The van der Waals surface area contributed by atoms with Gasteiger partial charge in [-0.25, -0.2) is 4.98 Å². The fourth-order valence-electron chi connectivity index (χ4n) is 3.93. The first-order valence-electron chi connectivity index (χ1n) is 9.88. The van der Waals surface area contributed by atoms with Gasteiger partial charge in [0, 0.05) is 29.7 Å². The lowest BCUT2D eigenvalue weighted by Crippen LogP contribution is -2.52. The molecule has 0 aliphatic carbocycles. The number of nitrogens with one attached hydrogen (secondary N) is 2. The second-order valence-electron chi connectivity index (χ2n) is 7.83. The van der Waals surface area contributed by atoms with E-state index in [0.717, 1.165) is 34.1 Å². The average Bonchev–Trinajstić information content (AvgIpc) is 3.26. The quantitative estimate of drug-likeness (QED) is 0.630. The largest absolute Gasteiger partial charge is 0.497 e. The Bertz CT molecular complexity index is 1040. The Kier molecular flexibility index (Phi) is 5.74. The number of pyridine rings is 1. The van der Waals surface area contributed by atoms with Crippen LogP contribution in [-0.2, 0) is 23.3 Å². The summed E-state index contributed by atoms with van der Waals surface area (Å²) in [5, 5.41) is 8.46. The first-order valence-corrected chi connectivity index (χ1v) is 10.8. The van der Waals surface area contributed by atoms with E-state index in [-0.39, 0.29) is 5.91 Å². The highest BCUT2D eigenvalue weighted by molar-refractivity contribution is 7.09. The summed E-state index contributed by atoms with van der Waals surface area (Å²) >= 11 is 1.64. The van der Waals surface area contributed by atoms with Crippen LogP contribution in [0.1, 0.15) is 23.1 Å². The maximum absolute atomic E-state index is 13.3. The first kappa shape index (κ1) is 20.4. The molecule has 0 radical (unpaired) electrons. The number of thiophene rings is 1. The van der Waals surface area contributed by atoms with Gasteiger partial charge in [0.1, 0.15) is 17.0 Å². The third-order valence-electron chi connectivity index (χ3n) is 5.37. The lowest BCUT2D eigenvalue weighted by atomic mass is 9.79. The van der Waals surface area contributed by atoms with Crippen LogP contribution in [0, 0.1) is 0 Å². The molecule has 2 N–H and O–H groups in total. The van der Waals surface area contributed by atoms with Crippen LogP contribution in [0.2, 0.25) is 0 Å². The maximum Gasteiger partial charge on any atom is 0.233 e. The van der Waals surface area contributed by atoms with E-state index in [1.165, 1.54) is 0 Å². The standard InChI is InChI=1S/C23H26N4O2S/c1-23(22(28)24-13-19-8-5-11-30-19)15-27(2)14-16-9-10-20(26-21(16)23)25-17-6-4-7-18(12-17)29-3/h4-12H,13-15H2,1-3H3,(H,24,28)(H,25,26).